The number of hydrogen-bond donors (Lipinski definition) is 1. The largest absolute Gasteiger partial charge is 0.476 e. The Morgan fingerprint density at radius 3 is 2.27 bits per heavy atom. The van der Waals surface area contributed by atoms with Crippen LogP contribution in [0.5, 0.6) is 0 Å². The van der Waals surface area contributed by atoms with E-state index in [0.717, 1.165) is 0 Å². The van der Waals surface area contributed by atoms with Crippen molar-refractivity contribution in [2.75, 3.05) is 0 Å². The van der Waals surface area contributed by atoms with Crippen molar-refractivity contribution in [3.63, 3.8) is 0 Å². The molecule has 2 nitrogen and oxygen atoms in total. The lowest BCUT2D eigenvalue weighted by atomic mass is 10.0. The molecular weight excluding hydrogens is 147 g/mol. The van der Waals surface area contributed by atoms with E-state index in [9.17, 15) is 9.18 Å². The number of halogens is 1. The Morgan fingerprint density at radius 2 is 2.00 bits per heavy atom. The van der Waals surface area contributed by atoms with Crippen molar-refractivity contribution in [3.8, 4) is 0 Å². The van der Waals surface area contributed by atoms with Crippen LogP contribution in [0.2, 0.25) is 0 Å². The number of carbonyl (C=O) groups is 1. The first kappa shape index (κ1) is 10.1. The maximum Gasteiger partial charge on any atom is 0.364 e. The molecule has 0 saturated heterocycles. The molecule has 11 heavy (non-hydrogen) atoms. The van der Waals surface area contributed by atoms with Gasteiger partial charge in [-0.3, -0.25) is 0 Å². The first-order chi connectivity index (χ1) is 4.95. The molecule has 0 radical (unpaired) electrons. The third-order valence-electron chi connectivity index (χ3n) is 1.28. The fourth-order valence-electron chi connectivity index (χ4n) is 0.885. The molecule has 0 unspecified atom stereocenters. The van der Waals surface area contributed by atoms with E-state index in [2.05, 4.69) is 0 Å². The van der Waals surface area contributed by atoms with E-state index in [1.165, 1.54) is 6.92 Å². The molecular formula is C8H13FO2. The Kier molecular flexibility index (Phi) is 3.79. The Bertz CT molecular complexity index is 183. The summed E-state index contributed by atoms with van der Waals surface area (Å²) in [6.45, 7) is 5.33. The Labute approximate surface area is 65.7 Å². The van der Waals surface area contributed by atoms with Crippen LogP contribution in [-0.4, -0.2) is 11.1 Å². The van der Waals surface area contributed by atoms with Crippen molar-refractivity contribution < 1.29 is 14.3 Å². The molecule has 0 saturated carbocycles. The summed E-state index contributed by atoms with van der Waals surface area (Å²) in [6.07, 6.45) is 0.498. The molecule has 0 heterocycles. The lowest BCUT2D eigenvalue weighted by molar-refractivity contribution is -0.134. The minimum absolute atomic E-state index is 0.292. The molecule has 0 aliphatic rings. The molecule has 0 bridgehead atoms. The summed E-state index contributed by atoms with van der Waals surface area (Å²) in [5, 5.41) is 8.23. The zero-order chi connectivity index (χ0) is 9.02. The van der Waals surface area contributed by atoms with Crippen LogP contribution in [-0.2, 0) is 4.79 Å². The van der Waals surface area contributed by atoms with E-state index in [-0.39, 0.29) is 0 Å². The summed E-state index contributed by atoms with van der Waals surface area (Å²) >= 11 is 0. The lowest BCUT2D eigenvalue weighted by Gasteiger charge is -2.03. The molecule has 0 fully saturated rings. The Balaban J connectivity index is 4.28. The van der Waals surface area contributed by atoms with Gasteiger partial charge in [-0.15, -0.1) is 0 Å². The number of aliphatic carboxylic acids is 1. The SMILES string of the molecule is CC(CC(C)C)=C(F)C(=O)O. The maximum absolute atomic E-state index is 12.6. The molecule has 0 aromatic carbocycles. The molecule has 0 aliphatic heterocycles. The van der Waals surface area contributed by atoms with Gasteiger partial charge in [0.2, 0.25) is 5.83 Å². The standard InChI is InChI=1S/C8H13FO2/c1-5(2)4-6(3)7(9)8(10)11/h5H,4H2,1-3H3,(H,10,11). The average Bonchev–Trinajstić information content (AvgIpc) is 1.84. The molecule has 1 N–H and O–H groups in total. The average molecular weight is 160 g/mol. The van der Waals surface area contributed by atoms with E-state index in [0.29, 0.717) is 17.9 Å². The normalized spacial score (nSPS) is 13.2. The molecule has 0 rings (SSSR count). The van der Waals surface area contributed by atoms with Gasteiger partial charge in [0.25, 0.3) is 0 Å². The highest BCUT2D eigenvalue weighted by molar-refractivity contribution is 5.84. The molecule has 0 aromatic heterocycles. The Hall–Kier alpha value is -0.860. The summed E-state index contributed by atoms with van der Waals surface area (Å²) in [6, 6.07) is 0. The zero-order valence-corrected chi connectivity index (χ0v) is 7.02. The van der Waals surface area contributed by atoms with Crippen molar-refractivity contribution in [1.29, 1.82) is 0 Å². The van der Waals surface area contributed by atoms with Crippen molar-refractivity contribution in [1.82, 2.24) is 0 Å². The van der Waals surface area contributed by atoms with Crippen LogP contribution < -0.4 is 0 Å². The molecule has 0 aliphatic carbocycles. The summed E-state index contributed by atoms with van der Waals surface area (Å²) in [5.74, 6) is -2.19. The topological polar surface area (TPSA) is 37.3 Å². The van der Waals surface area contributed by atoms with Gasteiger partial charge in [0.1, 0.15) is 0 Å². The minimum atomic E-state index is -1.47. The van der Waals surface area contributed by atoms with Gasteiger partial charge in [-0.05, 0) is 24.8 Å². The van der Waals surface area contributed by atoms with Gasteiger partial charge in [0.05, 0.1) is 0 Å². The number of allylic oxidation sites excluding steroid dienone is 1. The van der Waals surface area contributed by atoms with E-state index in [4.69, 9.17) is 5.11 Å². The van der Waals surface area contributed by atoms with Gasteiger partial charge in [-0.25, -0.2) is 4.79 Å². The van der Waals surface area contributed by atoms with E-state index in [1.807, 2.05) is 13.8 Å². The van der Waals surface area contributed by atoms with Gasteiger partial charge in [0.15, 0.2) is 0 Å². The second-order valence-corrected chi connectivity index (χ2v) is 3.00. The van der Waals surface area contributed by atoms with Gasteiger partial charge < -0.3 is 5.11 Å². The number of hydrogen-bond acceptors (Lipinski definition) is 1. The summed E-state index contributed by atoms with van der Waals surface area (Å²) in [7, 11) is 0. The van der Waals surface area contributed by atoms with E-state index >= 15 is 0 Å². The van der Waals surface area contributed by atoms with Crippen LogP contribution >= 0.6 is 0 Å². The molecule has 3 heteroatoms. The predicted molar refractivity (Wildman–Crippen MR) is 40.9 cm³/mol. The quantitative estimate of drug-likeness (QED) is 0.643. The van der Waals surface area contributed by atoms with Gasteiger partial charge in [-0.2, -0.15) is 4.39 Å². The maximum atomic E-state index is 12.6. The number of rotatable bonds is 3. The molecule has 0 atom stereocenters. The van der Waals surface area contributed by atoms with Crippen molar-refractivity contribution in [2.45, 2.75) is 27.2 Å². The highest BCUT2D eigenvalue weighted by Gasteiger charge is 2.10. The van der Waals surface area contributed by atoms with Gasteiger partial charge >= 0.3 is 5.97 Å². The second-order valence-electron chi connectivity index (χ2n) is 3.00. The fourth-order valence-corrected chi connectivity index (χ4v) is 0.885. The van der Waals surface area contributed by atoms with Crippen LogP contribution in [0, 0.1) is 5.92 Å². The zero-order valence-electron chi connectivity index (χ0n) is 7.02. The second kappa shape index (κ2) is 4.11. The molecule has 0 amide bonds. The van der Waals surface area contributed by atoms with Gasteiger partial charge in [-0.1, -0.05) is 13.8 Å². The third kappa shape index (κ3) is 3.75. The van der Waals surface area contributed by atoms with Crippen LogP contribution in [0.3, 0.4) is 0 Å². The van der Waals surface area contributed by atoms with Crippen LogP contribution in [0.1, 0.15) is 27.2 Å². The molecule has 0 aromatic rings. The monoisotopic (exact) mass is 160 g/mol. The smallest absolute Gasteiger partial charge is 0.364 e. The lowest BCUT2D eigenvalue weighted by Crippen LogP contribution is -2.00. The minimum Gasteiger partial charge on any atom is -0.476 e. The number of carboxylic acid groups (broad SMARTS) is 1. The van der Waals surface area contributed by atoms with E-state index < -0.39 is 11.8 Å². The summed E-state index contributed by atoms with van der Waals surface area (Å²) in [4.78, 5) is 10.1. The van der Waals surface area contributed by atoms with E-state index in [1.54, 1.807) is 0 Å². The van der Waals surface area contributed by atoms with Crippen LogP contribution in [0.15, 0.2) is 11.4 Å². The van der Waals surface area contributed by atoms with Gasteiger partial charge in [0, 0.05) is 0 Å². The fraction of sp³-hybridized carbons (Fsp3) is 0.625. The molecule has 64 valence electrons. The summed E-state index contributed by atoms with van der Waals surface area (Å²) < 4.78 is 12.6. The Morgan fingerprint density at radius 1 is 1.55 bits per heavy atom. The first-order valence-corrected chi connectivity index (χ1v) is 3.53. The number of carboxylic acids is 1. The van der Waals surface area contributed by atoms with Crippen molar-refractivity contribution in [2.24, 2.45) is 5.92 Å². The molecule has 0 spiro atoms. The highest BCUT2D eigenvalue weighted by atomic mass is 19.1. The predicted octanol–water partition coefficient (Wildman–Crippen LogP) is 2.36. The van der Waals surface area contributed by atoms with Crippen molar-refractivity contribution in [3.05, 3.63) is 11.4 Å². The summed E-state index contributed by atoms with van der Waals surface area (Å²) in [5.41, 5.74) is 0.313. The third-order valence-corrected chi connectivity index (χ3v) is 1.28. The first-order valence-electron chi connectivity index (χ1n) is 3.53. The van der Waals surface area contributed by atoms with Crippen LogP contribution in [0.25, 0.3) is 0 Å². The van der Waals surface area contributed by atoms with Crippen molar-refractivity contribution >= 4 is 5.97 Å². The van der Waals surface area contributed by atoms with Crippen LogP contribution in [0.4, 0.5) is 4.39 Å². The highest BCUT2D eigenvalue weighted by Crippen LogP contribution is 2.15.